The largest absolute Gasteiger partial charge is 0.313 e. The first-order chi connectivity index (χ1) is 10.4. The average Bonchev–Trinajstić information content (AvgIpc) is 2.56. The SMILES string of the molecule is CNC(CCc1ccccc1)c1[c]cc2ccccc2c1. The summed E-state index contributed by atoms with van der Waals surface area (Å²) < 4.78 is 0. The summed E-state index contributed by atoms with van der Waals surface area (Å²) in [5, 5.41) is 5.95. The van der Waals surface area contributed by atoms with Gasteiger partial charge >= 0.3 is 0 Å². The van der Waals surface area contributed by atoms with Crippen LogP contribution in [0.2, 0.25) is 0 Å². The fourth-order valence-corrected chi connectivity index (χ4v) is 2.76. The number of rotatable bonds is 5. The molecule has 0 amide bonds. The van der Waals surface area contributed by atoms with Crippen LogP contribution in [-0.2, 0) is 6.42 Å². The second kappa shape index (κ2) is 6.55. The predicted octanol–water partition coefficient (Wildman–Crippen LogP) is 4.53. The van der Waals surface area contributed by atoms with E-state index in [9.17, 15) is 0 Å². The maximum atomic E-state index is 3.44. The standard InChI is InChI=1S/C20H20N/c1-21-20(14-11-16-7-3-2-4-8-16)19-13-12-17-9-5-6-10-18(17)15-19/h2-10,12,15,20-21H,11,14H2,1H3. The molecular formula is C20H20N. The highest BCUT2D eigenvalue weighted by Gasteiger charge is 2.10. The molecule has 0 aromatic heterocycles. The van der Waals surface area contributed by atoms with Crippen molar-refractivity contribution < 1.29 is 0 Å². The van der Waals surface area contributed by atoms with Gasteiger partial charge in [-0.1, -0.05) is 54.6 Å². The van der Waals surface area contributed by atoms with Crippen LogP contribution in [0.25, 0.3) is 10.8 Å². The third-order valence-corrected chi connectivity index (χ3v) is 3.99. The summed E-state index contributed by atoms with van der Waals surface area (Å²) in [5.74, 6) is 0. The van der Waals surface area contributed by atoms with Crippen molar-refractivity contribution in [1.82, 2.24) is 5.32 Å². The lowest BCUT2D eigenvalue weighted by Crippen LogP contribution is -2.17. The van der Waals surface area contributed by atoms with E-state index in [-0.39, 0.29) is 0 Å². The lowest BCUT2D eigenvalue weighted by atomic mass is 9.97. The second-order valence-corrected chi connectivity index (χ2v) is 5.38. The molecule has 0 aliphatic carbocycles. The average molecular weight is 274 g/mol. The summed E-state index contributed by atoms with van der Waals surface area (Å²) in [6.45, 7) is 0. The molecule has 1 atom stereocenters. The van der Waals surface area contributed by atoms with Crippen LogP contribution in [0, 0.1) is 6.07 Å². The summed E-state index contributed by atoms with van der Waals surface area (Å²) in [6.07, 6.45) is 2.16. The van der Waals surface area contributed by atoms with Crippen molar-refractivity contribution in [2.45, 2.75) is 18.9 Å². The van der Waals surface area contributed by atoms with Crippen LogP contribution in [0.3, 0.4) is 0 Å². The predicted molar refractivity (Wildman–Crippen MR) is 89.3 cm³/mol. The van der Waals surface area contributed by atoms with Gasteiger partial charge in [-0.25, -0.2) is 0 Å². The van der Waals surface area contributed by atoms with Crippen LogP contribution < -0.4 is 5.32 Å². The molecule has 0 saturated heterocycles. The van der Waals surface area contributed by atoms with Gasteiger partial charge in [-0.3, -0.25) is 0 Å². The Labute approximate surface area is 126 Å². The molecule has 0 spiro atoms. The van der Waals surface area contributed by atoms with E-state index >= 15 is 0 Å². The van der Waals surface area contributed by atoms with Crippen molar-refractivity contribution in [2.75, 3.05) is 7.05 Å². The van der Waals surface area contributed by atoms with Gasteiger partial charge in [-0.2, -0.15) is 0 Å². The van der Waals surface area contributed by atoms with Crippen molar-refractivity contribution in [3.05, 3.63) is 83.9 Å². The van der Waals surface area contributed by atoms with Gasteiger partial charge in [0.15, 0.2) is 0 Å². The monoisotopic (exact) mass is 274 g/mol. The molecule has 1 unspecified atom stereocenters. The van der Waals surface area contributed by atoms with E-state index in [2.05, 4.69) is 78.1 Å². The molecule has 0 bridgehead atoms. The third kappa shape index (κ3) is 3.32. The van der Waals surface area contributed by atoms with E-state index in [1.54, 1.807) is 0 Å². The van der Waals surface area contributed by atoms with Crippen molar-refractivity contribution in [2.24, 2.45) is 0 Å². The van der Waals surface area contributed by atoms with Gasteiger partial charge in [0, 0.05) is 6.04 Å². The van der Waals surface area contributed by atoms with Gasteiger partial charge < -0.3 is 5.32 Å². The minimum absolute atomic E-state index is 0.342. The number of nitrogens with one attached hydrogen (secondary N) is 1. The van der Waals surface area contributed by atoms with E-state index < -0.39 is 0 Å². The molecule has 0 aliphatic rings. The number of hydrogen-bond acceptors (Lipinski definition) is 1. The quantitative estimate of drug-likeness (QED) is 0.720. The van der Waals surface area contributed by atoms with E-state index in [4.69, 9.17) is 0 Å². The van der Waals surface area contributed by atoms with E-state index in [1.165, 1.54) is 21.9 Å². The van der Waals surface area contributed by atoms with Crippen LogP contribution in [0.15, 0.2) is 66.7 Å². The normalized spacial score (nSPS) is 12.4. The van der Waals surface area contributed by atoms with Gasteiger partial charge in [0.2, 0.25) is 0 Å². The topological polar surface area (TPSA) is 12.0 Å². The highest BCUT2D eigenvalue weighted by Crippen LogP contribution is 2.23. The zero-order valence-electron chi connectivity index (χ0n) is 12.3. The Bertz CT molecular complexity index is 703. The molecule has 1 radical (unpaired) electrons. The zero-order valence-corrected chi connectivity index (χ0v) is 12.3. The summed E-state index contributed by atoms with van der Waals surface area (Å²) in [6, 6.07) is 27.2. The van der Waals surface area contributed by atoms with Crippen LogP contribution in [-0.4, -0.2) is 7.05 Å². The van der Waals surface area contributed by atoms with Crippen molar-refractivity contribution >= 4 is 10.8 Å². The summed E-state index contributed by atoms with van der Waals surface area (Å²) in [7, 11) is 2.03. The maximum Gasteiger partial charge on any atom is 0.0327 e. The molecule has 0 aliphatic heterocycles. The number of aryl methyl sites for hydroxylation is 1. The number of hydrogen-bond donors (Lipinski definition) is 1. The van der Waals surface area contributed by atoms with Gasteiger partial charge in [0.05, 0.1) is 0 Å². The molecule has 3 aromatic rings. The summed E-state index contributed by atoms with van der Waals surface area (Å²) in [4.78, 5) is 0. The molecule has 105 valence electrons. The lowest BCUT2D eigenvalue weighted by molar-refractivity contribution is 0.549. The Hall–Kier alpha value is -2.12. The fourth-order valence-electron chi connectivity index (χ4n) is 2.76. The highest BCUT2D eigenvalue weighted by molar-refractivity contribution is 5.82. The molecule has 3 aromatic carbocycles. The minimum Gasteiger partial charge on any atom is -0.313 e. The third-order valence-electron chi connectivity index (χ3n) is 3.99. The lowest BCUT2D eigenvalue weighted by Gasteiger charge is -2.17. The maximum absolute atomic E-state index is 3.44. The van der Waals surface area contributed by atoms with Crippen LogP contribution >= 0.6 is 0 Å². The van der Waals surface area contributed by atoms with Crippen LogP contribution in [0.5, 0.6) is 0 Å². The molecule has 0 heterocycles. The van der Waals surface area contributed by atoms with Gasteiger partial charge in [0.25, 0.3) is 0 Å². The molecule has 1 heteroatoms. The molecule has 21 heavy (non-hydrogen) atoms. The summed E-state index contributed by atoms with van der Waals surface area (Å²) in [5.41, 5.74) is 2.63. The van der Waals surface area contributed by atoms with Crippen molar-refractivity contribution in [3.8, 4) is 0 Å². The first-order valence-electron chi connectivity index (χ1n) is 7.48. The Morgan fingerprint density at radius 2 is 1.67 bits per heavy atom. The van der Waals surface area contributed by atoms with E-state index in [0.717, 1.165) is 12.8 Å². The molecule has 0 fully saturated rings. The number of benzene rings is 3. The molecular weight excluding hydrogens is 254 g/mol. The van der Waals surface area contributed by atoms with Gasteiger partial charge in [0.1, 0.15) is 0 Å². The fraction of sp³-hybridized carbons (Fsp3) is 0.200. The Kier molecular flexibility index (Phi) is 4.32. The minimum atomic E-state index is 0.342. The Balaban J connectivity index is 1.78. The van der Waals surface area contributed by atoms with Crippen molar-refractivity contribution in [1.29, 1.82) is 0 Å². The molecule has 1 N–H and O–H groups in total. The Morgan fingerprint density at radius 1 is 0.952 bits per heavy atom. The van der Waals surface area contributed by atoms with Crippen molar-refractivity contribution in [3.63, 3.8) is 0 Å². The highest BCUT2D eigenvalue weighted by atomic mass is 14.9. The van der Waals surface area contributed by atoms with Gasteiger partial charge in [-0.15, -0.1) is 0 Å². The zero-order chi connectivity index (χ0) is 14.5. The first-order valence-corrected chi connectivity index (χ1v) is 7.48. The summed E-state index contributed by atoms with van der Waals surface area (Å²) >= 11 is 0. The van der Waals surface area contributed by atoms with Gasteiger partial charge in [-0.05, 0) is 60.0 Å². The van der Waals surface area contributed by atoms with Crippen LogP contribution in [0.1, 0.15) is 23.6 Å². The first kappa shape index (κ1) is 13.8. The number of fused-ring (bicyclic) bond motifs is 1. The van der Waals surface area contributed by atoms with E-state index in [1.807, 2.05) is 7.05 Å². The van der Waals surface area contributed by atoms with E-state index in [0.29, 0.717) is 6.04 Å². The Morgan fingerprint density at radius 3 is 2.43 bits per heavy atom. The van der Waals surface area contributed by atoms with Crippen LogP contribution in [0.4, 0.5) is 0 Å². The second-order valence-electron chi connectivity index (χ2n) is 5.38. The molecule has 0 saturated carbocycles. The molecule has 1 nitrogen and oxygen atoms in total. The smallest absolute Gasteiger partial charge is 0.0327 e. The molecule has 3 rings (SSSR count).